The number of hydrogen-bond acceptors (Lipinski definition) is 4. The highest BCUT2D eigenvalue weighted by molar-refractivity contribution is 5.72. The molecule has 0 saturated heterocycles. The molecule has 2 rings (SSSR count). The van der Waals surface area contributed by atoms with Gasteiger partial charge in [-0.25, -0.2) is 0 Å². The summed E-state index contributed by atoms with van der Waals surface area (Å²) in [5.41, 5.74) is 3.06. The first-order chi connectivity index (χ1) is 11.0. The van der Waals surface area contributed by atoms with Crippen LogP contribution in [0.3, 0.4) is 0 Å². The van der Waals surface area contributed by atoms with Gasteiger partial charge in [0, 0.05) is 11.8 Å². The van der Waals surface area contributed by atoms with E-state index in [-0.39, 0.29) is 11.5 Å². The summed E-state index contributed by atoms with van der Waals surface area (Å²) in [6, 6.07) is 6.76. The predicted octanol–water partition coefficient (Wildman–Crippen LogP) is 4.18. The molecule has 0 spiro atoms. The third-order valence-electron chi connectivity index (χ3n) is 3.48. The Morgan fingerprint density at radius 1 is 1.26 bits per heavy atom. The molecule has 0 radical (unpaired) electrons. The quantitative estimate of drug-likeness (QED) is 0.786. The second kappa shape index (κ2) is 7.49. The molecule has 0 amide bonds. The first kappa shape index (κ1) is 16.6. The van der Waals surface area contributed by atoms with Crippen molar-refractivity contribution < 1.29 is 14.9 Å². The zero-order valence-corrected chi connectivity index (χ0v) is 13.4. The molecule has 1 heterocycles. The van der Waals surface area contributed by atoms with Crippen LogP contribution in [-0.4, -0.2) is 22.3 Å². The fourth-order valence-corrected chi connectivity index (χ4v) is 2.23. The number of pyridine rings is 1. The number of phenols is 1. The number of benzene rings is 1. The van der Waals surface area contributed by atoms with Crippen LogP contribution in [0.15, 0.2) is 42.6 Å². The van der Waals surface area contributed by atoms with E-state index in [0.29, 0.717) is 17.9 Å². The van der Waals surface area contributed by atoms with Gasteiger partial charge in [0.25, 0.3) is 0 Å². The summed E-state index contributed by atoms with van der Waals surface area (Å²) < 4.78 is 5.39. The van der Waals surface area contributed by atoms with Gasteiger partial charge in [-0.2, -0.15) is 0 Å². The Morgan fingerprint density at radius 3 is 2.70 bits per heavy atom. The minimum absolute atomic E-state index is 0.109. The fourth-order valence-electron chi connectivity index (χ4n) is 2.23. The maximum absolute atomic E-state index is 10.3. The molecule has 1 aromatic carbocycles. The third kappa shape index (κ3) is 4.36. The van der Waals surface area contributed by atoms with Gasteiger partial charge in [0.1, 0.15) is 22.9 Å². The van der Waals surface area contributed by atoms with Gasteiger partial charge in [-0.1, -0.05) is 11.6 Å². The third-order valence-corrected chi connectivity index (χ3v) is 3.48. The maximum atomic E-state index is 10.3. The van der Waals surface area contributed by atoms with E-state index in [1.54, 1.807) is 43.7 Å². The smallest absolute Gasteiger partial charge is 0.141 e. The lowest BCUT2D eigenvalue weighted by atomic mass is 10.0. The van der Waals surface area contributed by atoms with E-state index in [4.69, 9.17) is 4.74 Å². The lowest BCUT2D eigenvalue weighted by molar-refractivity contribution is 0.399. The number of methoxy groups -OCH3 is 1. The molecule has 0 unspecified atom stereocenters. The maximum Gasteiger partial charge on any atom is 0.141 e. The van der Waals surface area contributed by atoms with Crippen LogP contribution in [0.25, 0.3) is 12.2 Å². The lowest BCUT2D eigenvalue weighted by Gasteiger charge is -2.12. The molecular formula is C19H21NO3. The van der Waals surface area contributed by atoms with Crippen LogP contribution in [0.4, 0.5) is 0 Å². The molecule has 4 nitrogen and oxygen atoms in total. The number of hydrogen-bond donors (Lipinski definition) is 2. The molecule has 0 bridgehead atoms. The summed E-state index contributed by atoms with van der Waals surface area (Å²) in [5, 5.41) is 20.0. The Bertz CT molecular complexity index is 735. The van der Waals surface area contributed by atoms with Crippen LogP contribution >= 0.6 is 0 Å². The molecule has 1 aromatic heterocycles. The van der Waals surface area contributed by atoms with Crippen LogP contribution in [0.5, 0.6) is 17.2 Å². The fraction of sp³-hybridized carbons (Fsp3) is 0.211. The summed E-state index contributed by atoms with van der Waals surface area (Å²) in [6.45, 7) is 5.84. The van der Waals surface area contributed by atoms with Crippen molar-refractivity contribution in [2.75, 3.05) is 7.11 Å². The van der Waals surface area contributed by atoms with Crippen molar-refractivity contribution in [3.63, 3.8) is 0 Å². The first-order valence-electron chi connectivity index (χ1n) is 7.37. The van der Waals surface area contributed by atoms with Gasteiger partial charge in [-0.3, -0.25) is 4.98 Å². The largest absolute Gasteiger partial charge is 0.508 e. The molecule has 0 saturated carbocycles. The molecular weight excluding hydrogens is 290 g/mol. The number of rotatable bonds is 6. The molecule has 0 aliphatic heterocycles. The monoisotopic (exact) mass is 311 g/mol. The zero-order valence-electron chi connectivity index (χ0n) is 13.4. The number of ether oxygens (including phenoxy) is 1. The summed E-state index contributed by atoms with van der Waals surface area (Å²) in [4.78, 5) is 4.08. The van der Waals surface area contributed by atoms with Gasteiger partial charge >= 0.3 is 0 Å². The van der Waals surface area contributed by atoms with Crippen LogP contribution in [0.1, 0.15) is 30.2 Å². The molecule has 2 N–H and O–H groups in total. The van der Waals surface area contributed by atoms with Crippen molar-refractivity contribution in [3.8, 4) is 17.2 Å². The SMILES string of the molecule is C=C(C)CCc1c(O)cc(/C=C/c2ncccc2O)cc1OC. The molecule has 0 aliphatic rings. The topological polar surface area (TPSA) is 62.6 Å². The molecule has 0 atom stereocenters. The van der Waals surface area contributed by atoms with Crippen LogP contribution in [-0.2, 0) is 6.42 Å². The van der Waals surface area contributed by atoms with Gasteiger partial charge in [-0.15, -0.1) is 6.58 Å². The van der Waals surface area contributed by atoms with Gasteiger partial charge in [0.2, 0.25) is 0 Å². The number of aromatic hydroxyl groups is 2. The Morgan fingerprint density at radius 2 is 2.04 bits per heavy atom. The second-order valence-corrected chi connectivity index (χ2v) is 5.42. The van der Waals surface area contributed by atoms with Crippen molar-refractivity contribution in [2.45, 2.75) is 19.8 Å². The van der Waals surface area contributed by atoms with E-state index in [0.717, 1.165) is 23.1 Å². The van der Waals surface area contributed by atoms with E-state index >= 15 is 0 Å². The Balaban J connectivity index is 2.29. The number of aromatic nitrogens is 1. The van der Waals surface area contributed by atoms with Gasteiger partial charge in [-0.05, 0) is 55.7 Å². The van der Waals surface area contributed by atoms with Gasteiger partial charge in [0.15, 0.2) is 0 Å². The van der Waals surface area contributed by atoms with E-state index < -0.39 is 0 Å². The predicted molar refractivity (Wildman–Crippen MR) is 92.6 cm³/mol. The van der Waals surface area contributed by atoms with Crippen molar-refractivity contribution in [1.29, 1.82) is 0 Å². The molecule has 2 aromatic rings. The standard InChI is InChI=1S/C19H21NO3/c1-13(2)6-8-15-18(22)11-14(12-19(15)23-3)7-9-16-17(21)5-4-10-20-16/h4-5,7,9-12,21-22H,1,6,8H2,2-3H3/b9-7+. The lowest BCUT2D eigenvalue weighted by Crippen LogP contribution is -1.95. The van der Waals surface area contributed by atoms with Gasteiger partial charge < -0.3 is 14.9 Å². The average Bonchev–Trinajstić information content (AvgIpc) is 2.52. The Kier molecular flexibility index (Phi) is 5.41. The minimum Gasteiger partial charge on any atom is -0.508 e. The minimum atomic E-state index is 0.109. The highest BCUT2D eigenvalue weighted by atomic mass is 16.5. The number of allylic oxidation sites excluding steroid dienone is 1. The van der Waals surface area contributed by atoms with Gasteiger partial charge in [0.05, 0.1) is 7.11 Å². The highest BCUT2D eigenvalue weighted by Gasteiger charge is 2.10. The number of phenolic OH excluding ortho intramolecular Hbond substituents is 1. The molecule has 0 aliphatic carbocycles. The number of nitrogens with zero attached hydrogens (tertiary/aromatic N) is 1. The highest BCUT2D eigenvalue weighted by Crippen LogP contribution is 2.32. The van der Waals surface area contributed by atoms with E-state index in [1.807, 2.05) is 13.0 Å². The van der Waals surface area contributed by atoms with Crippen molar-refractivity contribution in [1.82, 2.24) is 4.98 Å². The second-order valence-electron chi connectivity index (χ2n) is 5.42. The van der Waals surface area contributed by atoms with Crippen LogP contribution < -0.4 is 4.74 Å². The Labute approximate surface area is 136 Å². The van der Waals surface area contributed by atoms with Crippen molar-refractivity contribution in [3.05, 3.63) is 59.4 Å². The van der Waals surface area contributed by atoms with E-state index in [1.165, 1.54) is 0 Å². The summed E-state index contributed by atoms with van der Waals surface area (Å²) >= 11 is 0. The molecule has 0 fully saturated rings. The van der Waals surface area contributed by atoms with Crippen LogP contribution in [0.2, 0.25) is 0 Å². The first-order valence-corrected chi connectivity index (χ1v) is 7.37. The summed E-state index contributed by atoms with van der Waals surface area (Å²) in [7, 11) is 1.58. The zero-order chi connectivity index (χ0) is 16.8. The summed E-state index contributed by atoms with van der Waals surface area (Å²) in [5.74, 6) is 0.935. The van der Waals surface area contributed by atoms with Crippen molar-refractivity contribution in [2.24, 2.45) is 0 Å². The average molecular weight is 311 g/mol. The normalized spacial score (nSPS) is 10.9. The van der Waals surface area contributed by atoms with E-state index in [9.17, 15) is 10.2 Å². The Hall–Kier alpha value is -2.75. The summed E-state index contributed by atoms with van der Waals surface area (Å²) in [6.07, 6.45) is 6.54. The molecule has 23 heavy (non-hydrogen) atoms. The van der Waals surface area contributed by atoms with E-state index in [2.05, 4.69) is 11.6 Å². The molecule has 120 valence electrons. The molecule has 4 heteroatoms. The van der Waals surface area contributed by atoms with Crippen LogP contribution in [0, 0.1) is 0 Å². The van der Waals surface area contributed by atoms with Crippen molar-refractivity contribution >= 4 is 12.2 Å².